The summed E-state index contributed by atoms with van der Waals surface area (Å²) in [6.07, 6.45) is 26.7. The van der Waals surface area contributed by atoms with Crippen LogP contribution in [0.25, 0.3) is 0 Å². The molecule has 0 radical (unpaired) electrons. The van der Waals surface area contributed by atoms with Gasteiger partial charge in [-0.1, -0.05) is 155 Å². The van der Waals surface area contributed by atoms with Crippen molar-refractivity contribution in [3.05, 3.63) is 29.8 Å². The van der Waals surface area contributed by atoms with Crippen LogP contribution in [0, 0.1) is 0 Å². The topological polar surface area (TPSA) is 35.5 Å². The molecule has 0 N–H and O–H groups in total. The van der Waals surface area contributed by atoms with Crippen LogP contribution in [-0.2, 0) is 13.6 Å². The van der Waals surface area contributed by atoms with Crippen molar-refractivity contribution < 1.29 is 13.6 Å². The highest BCUT2D eigenvalue weighted by Gasteiger charge is 2.27. The highest BCUT2D eigenvalue weighted by molar-refractivity contribution is 7.62. The van der Waals surface area contributed by atoms with E-state index >= 15 is 0 Å². The lowest BCUT2D eigenvalue weighted by Gasteiger charge is -2.20. The standard InChI is InChI=1S/C34H63O3P/c1-5-8-10-12-14-16-18-20-22-24-30-36-38(35,34-28-26-33(27-29-34)32(4)7-3)37-31-25-23-21-19-17-15-13-11-9-6-2/h26-29,32H,5-25,30-31H2,1-4H3. The zero-order chi connectivity index (χ0) is 27.7. The molecule has 0 aliphatic heterocycles. The van der Waals surface area contributed by atoms with Crippen molar-refractivity contribution in [2.45, 2.75) is 168 Å². The molecule has 0 aliphatic rings. The van der Waals surface area contributed by atoms with Gasteiger partial charge in [-0.2, -0.15) is 0 Å². The van der Waals surface area contributed by atoms with E-state index in [0.717, 1.165) is 32.1 Å². The number of benzene rings is 1. The molecule has 0 bridgehead atoms. The first-order chi connectivity index (χ1) is 18.6. The fourth-order valence-corrected chi connectivity index (χ4v) is 6.58. The number of rotatable bonds is 27. The van der Waals surface area contributed by atoms with Crippen LogP contribution in [0.4, 0.5) is 0 Å². The Morgan fingerprint density at radius 3 is 1.24 bits per heavy atom. The van der Waals surface area contributed by atoms with Gasteiger partial charge in [-0.25, -0.2) is 0 Å². The van der Waals surface area contributed by atoms with Gasteiger partial charge in [0.1, 0.15) is 0 Å². The Kier molecular flexibility index (Phi) is 22.5. The summed E-state index contributed by atoms with van der Waals surface area (Å²) in [6, 6.07) is 8.15. The molecule has 38 heavy (non-hydrogen) atoms. The third kappa shape index (κ3) is 17.1. The maximum atomic E-state index is 13.8. The summed E-state index contributed by atoms with van der Waals surface area (Å²) in [7, 11) is -3.28. The zero-order valence-electron chi connectivity index (χ0n) is 25.8. The molecule has 4 heteroatoms. The molecule has 1 aromatic carbocycles. The van der Waals surface area contributed by atoms with Crippen LogP contribution in [0.1, 0.15) is 174 Å². The van der Waals surface area contributed by atoms with Gasteiger partial charge in [0, 0.05) is 0 Å². The molecule has 1 atom stereocenters. The van der Waals surface area contributed by atoms with Gasteiger partial charge in [-0.05, 0) is 42.9 Å². The molecule has 0 aliphatic carbocycles. The normalized spacial score (nSPS) is 12.7. The van der Waals surface area contributed by atoms with Crippen molar-refractivity contribution in [2.24, 2.45) is 0 Å². The van der Waals surface area contributed by atoms with Crippen molar-refractivity contribution >= 4 is 12.9 Å². The van der Waals surface area contributed by atoms with Crippen LogP contribution < -0.4 is 5.30 Å². The molecular weight excluding hydrogens is 487 g/mol. The van der Waals surface area contributed by atoms with Gasteiger partial charge in [0.15, 0.2) is 0 Å². The number of unbranched alkanes of at least 4 members (excludes halogenated alkanes) is 18. The Morgan fingerprint density at radius 1 is 0.553 bits per heavy atom. The molecular formula is C34H63O3P. The molecule has 0 heterocycles. The highest BCUT2D eigenvalue weighted by atomic mass is 31.2. The van der Waals surface area contributed by atoms with Crippen LogP contribution in [0.2, 0.25) is 0 Å². The minimum atomic E-state index is -3.28. The largest absolute Gasteiger partial charge is 0.361 e. The van der Waals surface area contributed by atoms with E-state index in [-0.39, 0.29) is 0 Å². The monoisotopic (exact) mass is 550 g/mol. The van der Waals surface area contributed by atoms with Crippen molar-refractivity contribution in [3.63, 3.8) is 0 Å². The summed E-state index contributed by atoms with van der Waals surface area (Å²) < 4.78 is 25.9. The average Bonchev–Trinajstić information content (AvgIpc) is 2.94. The first-order valence-corrected chi connectivity index (χ1v) is 18.1. The fourth-order valence-electron chi connectivity index (χ4n) is 4.96. The lowest BCUT2D eigenvalue weighted by molar-refractivity contribution is 0.206. The van der Waals surface area contributed by atoms with E-state index < -0.39 is 7.60 Å². The summed E-state index contributed by atoms with van der Waals surface area (Å²) in [5, 5.41) is 0.712. The predicted octanol–water partition coefficient (Wildman–Crippen LogP) is 11.9. The highest BCUT2D eigenvalue weighted by Crippen LogP contribution is 2.47. The maximum Gasteiger partial charge on any atom is 0.361 e. The quantitative estimate of drug-likeness (QED) is 0.0807. The molecule has 0 spiro atoms. The zero-order valence-corrected chi connectivity index (χ0v) is 26.7. The van der Waals surface area contributed by atoms with Crippen LogP contribution in [0.15, 0.2) is 24.3 Å². The molecule has 0 amide bonds. The molecule has 1 aromatic rings. The summed E-state index contributed by atoms with van der Waals surface area (Å²) in [5.41, 5.74) is 1.28. The molecule has 0 saturated heterocycles. The van der Waals surface area contributed by atoms with Crippen LogP contribution in [-0.4, -0.2) is 13.2 Å². The molecule has 3 nitrogen and oxygen atoms in total. The Hall–Kier alpha value is -0.630. The molecule has 222 valence electrons. The molecule has 0 fully saturated rings. The van der Waals surface area contributed by atoms with E-state index in [4.69, 9.17) is 9.05 Å². The summed E-state index contributed by atoms with van der Waals surface area (Å²) in [5.74, 6) is 0.503. The van der Waals surface area contributed by atoms with Crippen molar-refractivity contribution in [3.8, 4) is 0 Å². The lowest BCUT2D eigenvalue weighted by Crippen LogP contribution is -2.12. The predicted molar refractivity (Wildman–Crippen MR) is 168 cm³/mol. The van der Waals surface area contributed by atoms with Crippen LogP contribution >= 0.6 is 7.60 Å². The maximum absolute atomic E-state index is 13.8. The fraction of sp³-hybridized carbons (Fsp3) is 0.824. The molecule has 1 rings (SSSR count). The summed E-state index contributed by atoms with van der Waals surface area (Å²) in [4.78, 5) is 0. The van der Waals surface area contributed by atoms with Crippen molar-refractivity contribution in [1.82, 2.24) is 0 Å². The van der Waals surface area contributed by atoms with Crippen LogP contribution in [0.5, 0.6) is 0 Å². The summed E-state index contributed by atoms with van der Waals surface area (Å²) >= 11 is 0. The van der Waals surface area contributed by atoms with E-state index in [1.54, 1.807) is 0 Å². The van der Waals surface area contributed by atoms with Gasteiger partial charge in [-0.15, -0.1) is 0 Å². The molecule has 1 unspecified atom stereocenters. The van der Waals surface area contributed by atoms with E-state index in [9.17, 15) is 4.57 Å². The van der Waals surface area contributed by atoms with E-state index in [1.165, 1.54) is 108 Å². The van der Waals surface area contributed by atoms with Crippen LogP contribution in [0.3, 0.4) is 0 Å². The first-order valence-electron chi connectivity index (χ1n) is 16.6. The smallest absolute Gasteiger partial charge is 0.305 e. The Balaban J connectivity index is 2.40. The second-order valence-electron chi connectivity index (χ2n) is 11.4. The Morgan fingerprint density at radius 2 is 0.895 bits per heavy atom. The van der Waals surface area contributed by atoms with Gasteiger partial charge >= 0.3 is 7.60 Å². The second kappa shape index (κ2) is 24.2. The van der Waals surface area contributed by atoms with Gasteiger partial charge in [0.25, 0.3) is 0 Å². The van der Waals surface area contributed by atoms with Gasteiger partial charge in [0.2, 0.25) is 0 Å². The number of hydrogen-bond acceptors (Lipinski definition) is 3. The molecule has 0 aromatic heterocycles. The Bertz CT molecular complexity index is 657. The minimum absolute atomic E-state index is 0.503. The second-order valence-corrected chi connectivity index (χ2v) is 13.5. The molecule has 0 saturated carbocycles. The van der Waals surface area contributed by atoms with Gasteiger partial charge < -0.3 is 9.05 Å². The average molecular weight is 551 g/mol. The summed E-state index contributed by atoms with van der Waals surface area (Å²) in [6.45, 7) is 10.0. The first kappa shape index (κ1) is 35.4. The SMILES string of the molecule is CCCCCCCCCCCCOP(=O)(OCCCCCCCCCCCC)c1ccc(C(C)CC)cc1. The van der Waals surface area contributed by atoms with Gasteiger partial charge in [-0.3, -0.25) is 4.57 Å². The Labute approximate surface area is 237 Å². The van der Waals surface area contributed by atoms with E-state index in [0.29, 0.717) is 24.4 Å². The minimum Gasteiger partial charge on any atom is -0.305 e. The van der Waals surface area contributed by atoms with E-state index in [1.807, 2.05) is 12.1 Å². The van der Waals surface area contributed by atoms with Crippen molar-refractivity contribution in [2.75, 3.05) is 13.2 Å². The van der Waals surface area contributed by atoms with Gasteiger partial charge in [0.05, 0.1) is 18.5 Å². The lowest BCUT2D eigenvalue weighted by atomic mass is 9.99. The number of hydrogen-bond donors (Lipinski definition) is 0. The third-order valence-electron chi connectivity index (χ3n) is 7.91. The van der Waals surface area contributed by atoms with E-state index in [2.05, 4.69) is 39.8 Å². The third-order valence-corrected chi connectivity index (χ3v) is 9.88. The van der Waals surface area contributed by atoms with Crippen molar-refractivity contribution in [1.29, 1.82) is 0 Å².